The van der Waals surface area contributed by atoms with Gasteiger partial charge in [-0.3, -0.25) is 9.59 Å². The molecule has 2 aromatic rings. The van der Waals surface area contributed by atoms with Crippen LogP contribution in [0.15, 0.2) is 41.2 Å². The molecule has 0 radical (unpaired) electrons. The number of hydrogen-bond acceptors (Lipinski definition) is 5. The second-order valence-corrected chi connectivity index (χ2v) is 9.02. The zero-order valence-corrected chi connectivity index (χ0v) is 18.2. The van der Waals surface area contributed by atoms with Gasteiger partial charge >= 0.3 is 0 Å². The third kappa shape index (κ3) is 2.78. The first kappa shape index (κ1) is 19.0. The third-order valence-corrected chi connectivity index (χ3v) is 7.07. The number of anilines is 1. The van der Waals surface area contributed by atoms with E-state index in [1.54, 1.807) is 20.2 Å². The van der Waals surface area contributed by atoms with Gasteiger partial charge in [0.2, 0.25) is 5.43 Å². The Morgan fingerprint density at radius 1 is 1.20 bits per heavy atom. The molecular weight excluding hydrogens is 394 g/mol. The predicted molar refractivity (Wildman–Crippen MR) is 124 cm³/mol. The summed E-state index contributed by atoms with van der Waals surface area (Å²) in [5.74, 6) is -0.277. The van der Waals surface area contributed by atoms with Gasteiger partial charge in [0.15, 0.2) is 0 Å². The molecular formula is C24H23N3O2S. The summed E-state index contributed by atoms with van der Waals surface area (Å²) in [5.41, 5.74) is 4.23. The normalized spacial score (nSPS) is 13.8. The molecule has 1 aliphatic carbocycles. The van der Waals surface area contributed by atoms with E-state index in [4.69, 9.17) is 4.98 Å². The Morgan fingerprint density at radius 2 is 1.97 bits per heavy atom. The largest absolute Gasteiger partial charge is 0.372 e. The molecule has 2 aromatic carbocycles. The standard InChI is InChI=1S/C24H23N3O2S/c1-4-27-11-7-8-14-12-17-19(13-18(14)27)30-23-20(24(29)26(2)3)22(28)16-10-6-5-9-15(16)21(23)25-17/h5-6,9-10,12-13H,4,7-8,11H2,1-3H3. The number of amides is 1. The van der Waals surface area contributed by atoms with E-state index in [0.717, 1.165) is 47.2 Å². The third-order valence-electron chi connectivity index (χ3n) is 5.92. The summed E-state index contributed by atoms with van der Waals surface area (Å²) in [6, 6.07) is 11.8. The quantitative estimate of drug-likeness (QED) is 0.359. The van der Waals surface area contributed by atoms with Crippen LogP contribution in [-0.4, -0.2) is 43.0 Å². The minimum atomic E-state index is -0.277. The molecule has 0 bridgehead atoms. The first-order valence-electron chi connectivity index (χ1n) is 10.3. The highest BCUT2D eigenvalue weighted by Crippen LogP contribution is 2.40. The molecule has 0 saturated carbocycles. The van der Waals surface area contributed by atoms with E-state index >= 15 is 0 Å². The highest BCUT2D eigenvalue weighted by molar-refractivity contribution is 7.22. The van der Waals surface area contributed by atoms with Gasteiger partial charge in [0.1, 0.15) is 5.56 Å². The number of benzene rings is 3. The van der Waals surface area contributed by atoms with E-state index in [0.29, 0.717) is 10.3 Å². The van der Waals surface area contributed by atoms with Gasteiger partial charge in [0, 0.05) is 43.6 Å². The zero-order valence-electron chi connectivity index (χ0n) is 17.4. The number of aromatic nitrogens is 1. The van der Waals surface area contributed by atoms with Crippen LogP contribution in [0, 0.1) is 0 Å². The summed E-state index contributed by atoms with van der Waals surface area (Å²) in [5, 5.41) is 1.35. The van der Waals surface area contributed by atoms with Crippen molar-refractivity contribution in [3.8, 4) is 10.6 Å². The molecule has 6 heteroatoms. The molecule has 3 aliphatic rings. The fourth-order valence-electron chi connectivity index (χ4n) is 4.40. The van der Waals surface area contributed by atoms with Crippen molar-refractivity contribution in [2.75, 3.05) is 32.1 Å². The Bertz CT molecular complexity index is 1340. The molecule has 2 aliphatic heterocycles. The maximum atomic E-state index is 13.3. The predicted octanol–water partition coefficient (Wildman–Crippen LogP) is 4.39. The van der Waals surface area contributed by atoms with Crippen LogP contribution in [0.1, 0.15) is 29.3 Å². The summed E-state index contributed by atoms with van der Waals surface area (Å²) in [6.07, 6.45) is 2.20. The van der Waals surface area contributed by atoms with Crippen LogP contribution in [0.4, 0.5) is 5.69 Å². The fourth-order valence-corrected chi connectivity index (χ4v) is 5.53. The number of rotatable bonds is 2. The SMILES string of the molecule is CCN1CCCc2cc3nc4c5ccccc5c(=O)c(C(=O)N(C)C)c-4sc3cc21. The van der Waals surface area contributed by atoms with Crippen molar-refractivity contribution in [1.29, 1.82) is 0 Å². The van der Waals surface area contributed by atoms with Gasteiger partial charge in [-0.05, 0) is 37.5 Å². The Kier molecular flexibility index (Phi) is 4.47. The Balaban J connectivity index is 1.91. The summed E-state index contributed by atoms with van der Waals surface area (Å²) < 4.78 is 1.00. The molecule has 0 spiro atoms. The lowest BCUT2D eigenvalue weighted by atomic mass is 9.99. The van der Waals surface area contributed by atoms with E-state index < -0.39 is 0 Å². The van der Waals surface area contributed by atoms with Crippen molar-refractivity contribution in [2.24, 2.45) is 0 Å². The molecule has 0 aromatic heterocycles. The molecule has 2 heterocycles. The minimum Gasteiger partial charge on any atom is -0.372 e. The smallest absolute Gasteiger partial charge is 0.258 e. The number of nitrogens with zero attached hydrogens (tertiary/aromatic N) is 3. The molecule has 0 unspecified atom stereocenters. The Hall–Kier alpha value is -2.99. The van der Waals surface area contributed by atoms with Gasteiger partial charge in [-0.2, -0.15) is 0 Å². The van der Waals surface area contributed by atoms with E-state index in [1.165, 1.54) is 27.5 Å². The summed E-state index contributed by atoms with van der Waals surface area (Å²) in [6.45, 7) is 4.19. The van der Waals surface area contributed by atoms with Gasteiger partial charge in [-0.15, -0.1) is 11.3 Å². The first-order valence-corrected chi connectivity index (χ1v) is 11.1. The molecule has 0 fully saturated rings. The second-order valence-electron chi connectivity index (χ2n) is 7.97. The monoisotopic (exact) mass is 417 g/mol. The molecule has 1 amide bonds. The van der Waals surface area contributed by atoms with Crippen LogP contribution in [0.5, 0.6) is 0 Å². The van der Waals surface area contributed by atoms with Crippen LogP contribution in [0.25, 0.3) is 31.6 Å². The first-order chi connectivity index (χ1) is 14.5. The average Bonchev–Trinajstić information content (AvgIpc) is 2.76. The minimum absolute atomic E-state index is 0.220. The Morgan fingerprint density at radius 3 is 2.70 bits per heavy atom. The number of carbonyl (C=O) groups excluding carboxylic acids is 1. The molecule has 152 valence electrons. The lowest BCUT2D eigenvalue weighted by molar-refractivity contribution is 0.0827. The summed E-state index contributed by atoms with van der Waals surface area (Å²) in [7, 11) is 3.36. The molecule has 30 heavy (non-hydrogen) atoms. The van der Waals surface area contributed by atoms with Crippen LogP contribution < -0.4 is 10.3 Å². The van der Waals surface area contributed by atoms with Crippen molar-refractivity contribution >= 4 is 43.9 Å². The molecule has 0 atom stereocenters. The van der Waals surface area contributed by atoms with Crippen LogP contribution in [-0.2, 0) is 6.42 Å². The van der Waals surface area contributed by atoms with E-state index in [2.05, 4.69) is 24.0 Å². The van der Waals surface area contributed by atoms with Gasteiger partial charge in [0.05, 0.1) is 20.8 Å². The van der Waals surface area contributed by atoms with Gasteiger partial charge in [-0.25, -0.2) is 4.98 Å². The Labute approximate surface area is 178 Å². The topological polar surface area (TPSA) is 53.5 Å². The summed E-state index contributed by atoms with van der Waals surface area (Å²) in [4.78, 5) is 35.8. The lowest BCUT2D eigenvalue weighted by Crippen LogP contribution is -2.29. The number of aryl methyl sites for hydroxylation is 1. The maximum Gasteiger partial charge on any atom is 0.258 e. The van der Waals surface area contributed by atoms with Gasteiger partial charge < -0.3 is 9.80 Å². The second kappa shape index (κ2) is 7.06. The van der Waals surface area contributed by atoms with Gasteiger partial charge in [-0.1, -0.05) is 24.3 Å². The molecule has 5 nitrogen and oxygen atoms in total. The highest BCUT2D eigenvalue weighted by Gasteiger charge is 2.27. The van der Waals surface area contributed by atoms with Crippen LogP contribution in [0.2, 0.25) is 0 Å². The van der Waals surface area contributed by atoms with Crippen molar-refractivity contribution in [3.05, 3.63) is 57.7 Å². The average molecular weight is 418 g/mol. The van der Waals surface area contributed by atoms with Crippen molar-refractivity contribution in [3.63, 3.8) is 0 Å². The fraction of sp³-hybridized carbons (Fsp3) is 0.292. The van der Waals surface area contributed by atoms with Crippen molar-refractivity contribution in [2.45, 2.75) is 19.8 Å². The molecule has 0 saturated heterocycles. The van der Waals surface area contributed by atoms with Crippen LogP contribution in [0.3, 0.4) is 0 Å². The lowest BCUT2D eigenvalue weighted by Gasteiger charge is -2.30. The highest BCUT2D eigenvalue weighted by atomic mass is 32.1. The number of fused-ring (bicyclic) bond motifs is 5. The molecule has 5 rings (SSSR count). The zero-order chi connectivity index (χ0) is 21.0. The maximum absolute atomic E-state index is 13.3. The number of hydrogen-bond donors (Lipinski definition) is 0. The van der Waals surface area contributed by atoms with Gasteiger partial charge in [0.25, 0.3) is 5.91 Å². The number of carbonyl (C=O) groups is 1. The van der Waals surface area contributed by atoms with Crippen molar-refractivity contribution < 1.29 is 4.79 Å². The van der Waals surface area contributed by atoms with Crippen molar-refractivity contribution in [1.82, 2.24) is 9.88 Å². The van der Waals surface area contributed by atoms with E-state index in [9.17, 15) is 9.59 Å². The van der Waals surface area contributed by atoms with E-state index in [-0.39, 0.29) is 16.9 Å². The van der Waals surface area contributed by atoms with E-state index in [1.807, 2.05) is 18.2 Å². The summed E-state index contributed by atoms with van der Waals surface area (Å²) >= 11 is 1.50. The van der Waals surface area contributed by atoms with Crippen LogP contribution >= 0.6 is 11.3 Å². The molecule has 0 N–H and O–H groups in total.